The summed E-state index contributed by atoms with van der Waals surface area (Å²) in [6.07, 6.45) is 3.01. The summed E-state index contributed by atoms with van der Waals surface area (Å²) in [6, 6.07) is 16.9. The van der Waals surface area contributed by atoms with Gasteiger partial charge in [0.2, 0.25) is 0 Å². The first-order valence-corrected chi connectivity index (χ1v) is 9.77. The monoisotopic (exact) mass is 378 g/mol. The Hall–Kier alpha value is -3.12. The molecule has 0 bridgehead atoms. The Kier molecular flexibility index (Phi) is 5.28. The highest BCUT2D eigenvalue weighted by Gasteiger charge is 2.18. The Morgan fingerprint density at radius 2 is 1.41 bits per heavy atom. The molecule has 0 atom stereocenters. The summed E-state index contributed by atoms with van der Waals surface area (Å²) in [6.45, 7) is 3.50. The van der Waals surface area contributed by atoms with Crippen LogP contribution in [0.25, 0.3) is 0 Å². The average Bonchev–Trinajstić information content (AvgIpc) is 2.69. The van der Waals surface area contributed by atoms with Gasteiger partial charge in [-0.15, -0.1) is 4.40 Å². The van der Waals surface area contributed by atoms with Gasteiger partial charge in [-0.2, -0.15) is 8.42 Å². The van der Waals surface area contributed by atoms with Crippen molar-refractivity contribution in [1.29, 1.82) is 0 Å². The van der Waals surface area contributed by atoms with E-state index in [1.165, 1.54) is 18.2 Å². The van der Waals surface area contributed by atoms with Crippen molar-refractivity contribution in [3.8, 4) is 0 Å². The molecule has 136 valence electrons. The van der Waals surface area contributed by atoms with E-state index in [4.69, 9.17) is 0 Å². The summed E-state index contributed by atoms with van der Waals surface area (Å²) >= 11 is 0. The van der Waals surface area contributed by atoms with Crippen molar-refractivity contribution in [3.05, 3.63) is 89.5 Å². The van der Waals surface area contributed by atoms with Gasteiger partial charge in [-0.3, -0.25) is 4.79 Å². The highest BCUT2D eigenvalue weighted by Crippen LogP contribution is 2.18. The van der Waals surface area contributed by atoms with Crippen LogP contribution in [0, 0.1) is 0 Å². The topological polar surface area (TPSA) is 75.9 Å². The first-order valence-electron chi connectivity index (χ1n) is 8.33. The molecule has 6 heteroatoms. The molecule has 0 saturated heterocycles. The molecule has 0 spiro atoms. The molecule has 0 N–H and O–H groups in total. The van der Waals surface area contributed by atoms with Crippen LogP contribution >= 0.6 is 0 Å². The Morgan fingerprint density at radius 1 is 0.815 bits per heavy atom. The summed E-state index contributed by atoms with van der Waals surface area (Å²) in [5.41, 5.74) is 2.36. The zero-order chi connectivity index (χ0) is 19.4. The number of nitrogens with zero attached hydrogens (tertiary/aromatic N) is 2. The molecule has 0 aromatic heterocycles. The Labute approximate surface area is 158 Å². The number of ketones is 1. The SMILES string of the molecule is CC1=C(C)C(=N/C(=N/S(=O)(=O)c2ccccc2)c2ccccc2)C=CC1=O. The number of carbonyl (C=O) groups is 1. The highest BCUT2D eigenvalue weighted by atomic mass is 32.2. The third kappa shape index (κ3) is 4.17. The predicted molar refractivity (Wildman–Crippen MR) is 107 cm³/mol. The van der Waals surface area contributed by atoms with Crippen LogP contribution in [0.5, 0.6) is 0 Å². The Balaban J connectivity index is 2.16. The molecule has 0 fully saturated rings. The standard InChI is InChI=1S/C21H18N2O3S/c1-15-16(2)20(24)14-13-19(15)22-21(17-9-5-3-6-10-17)23-27(25,26)18-11-7-4-8-12-18/h3-14H,1-2H3/b22-19?,23-21+. The smallest absolute Gasteiger partial charge is 0.284 e. The molecule has 0 aliphatic heterocycles. The van der Waals surface area contributed by atoms with E-state index in [1.54, 1.807) is 62.4 Å². The van der Waals surface area contributed by atoms with Gasteiger partial charge in [-0.25, -0.2) is 4.99 Å². The van der Waals surface area contributed by atoms with Gasteiger partial charge in [-0.05, 0) is 43.7 Å². The maximum atomic E-state index is 12.7. The molecular formula is C21H18N2O3S. The lowest BCUT2D eigenvalue weighted by Crippen LogP contribution is -2.14. The van der Waals surface area contributed by atoms with Crippen LogP contribution < -0.4 is 0 Å². The second-order valence-corrected chi connectivity index (χ2v) is 7.62. The molecule has 0 radical (unpaired) electrons. The largest absolute Gasteiger partial charge is 0.290 e. The third-order valence-corrected chi connectivity index (χ3v) is 5.50. The number of aliphatic imine (C=N–C) groups is 1. The molecule has 0 amide bonds. The minimum Gasteiger partial charge on any atom is -0.290 e. The number of hydrogen-bond acceptors (Lipinski definition) is 3. The predicted octanol–water partition coefficient (Wildman–Crippen LogP) is 3.74. The second kappa shape index (κ2) is 7.63. The summed E-state index contributed by atoms with van der Waals surface area (Å²) < 4.78 is 29.4. The first-order chi connectivity index (χ1) is 12.9. The summed E-state index contributed by atoms with van der Waals surface area (Å²) in [4.78, 5) is 16.4. The molecule has 0 unspecified atom stereocenters. The summed E-state index contributed by atoms with van der Waals surface area (Å²) in [7, 11) is -3.93. The van der Waals surface area contributed by atoms with Gasteiger partial charge in [0.15, 0.2) is 11.6 Å². The van der Waals surface area contributed by atoms with Crippen LogP contribution in [0.1, 0.15) is 19.4 Å². The van der Waals surface area contributed by atoms with Gasteiger partial charge in [0, 0.05) is 11.1 Å². The van der Waals surface area contributed by atoms with Crippen molar-refractivity contribution in [2.24, 2.45) is 9.39 Å². The van der Waals surface area contributed by atoms with E-state index >= 15 is 0 Å². The Morgan fingerprint density at radius 3 is 2.04 bits per heavy atom. The molecule has 2 aromatic carbocycles. The number of benzene rings is 2. The fraction of sp³-hybridized carbons (Fsp3) is 0.0952. The van der Waals surface area contributed by atoms with Crippen molar-refractivity contribution in [2.45, 2.75) is 18.7 Å². The van der Waals surface area contributed by atoms with Gasteiger partial charge < -0.3 is 0 Å². The van der Waals surface area contributed by atoms with E-state index in [0.717, 1.165) is 0 Å². The van der Waals surface area contributed by atoms with Crippen LogP contribution in [-0.4, -0.2) is 25.7 Å². The van der Waals surface area contributed by atoms with Crippen molar-refractivity contribution in [3.63, 3.8) is 0 Å². The van der Waals surface area contributed by atoms with Crippen molar-refractivity contribution in [1.82, 2.24) is 0 Å². The molecular weight excluding hydrogens is 360 g/mol. The normalized spacial score (nSPS) is 16.9. The lowest BCUT2D eigenvalue weighted by atomic mass is 9.97. The van der Waals surface area contributed by atoms with E-state index in [9.17, 15) is 13.2 Å². The van der Waals surface area contributed by atoms with Crippen molar-refractivity contribution in [2.75, 3.05) is 0 Å². The van der Waals surface area contributed by atoms with E-state index in [0.29, 0.717) is 22.4 Å². The molecule has 2 aromatic rings. The average molecular weight is 378 g/mol. The number of allylic oxidation sites excluding steroid dienone is 4. The van der Waals surface area contributed by atoms with Crippen LogP contribution in [0.4, 0.5) is 0 Å². The van der Waals surface area contributed by atoms with Gasteiger partial charge in [0.25, 0.3) is 10.0 Å². The fourth-order valence-electron chi connectivity index (χ4n) is 2.50. The van der Waals surface area contributed by atoms with Crippen molar-refractivity contribution < 1.29 is 13.2 Å². The lowest BCUT2D eigenvalue weighted by Gasteiger charge is -2.11. The van der Waals surface area contributed by atoms with Crippen LogP contribution in [0.2, 0.25) is 0 Å². The van der Waals surface area contributed by atoms with Crippen LogP contribution in [0.3, 0.4) is 0 Å². The number of sulfonamides is 1. The molecule has 0 heterocycles. The van der Waals surface area contributed by atoms with Gasteiger partial charge in [-0.1, -0.05) is 48.5 Å². The van der Waals surface area contributed by atoms with E-state index < -0.39 is 10.0 Å². The maximum absolute atomic E-state index is 12.7. The molecule has 27 heavy (non-hydrogen) atoms. The van der Waals surface area contributed by atoms with E-state index in [1.807, 2.05) is 6.07 Å². The van der Waals surface area contributed by atoms with Gasteiger partial charge in [0.1, 0.15) is 0 Å². The third-order valence-electron chi connectivity index (χ3n) is 4.21. The lowest BCUT2D eigenvalue weighted by molar-refractivity contribution is -0.111. The van der Waals surface area contributed by atoms with E-state index in [2.05, 4.69) is 9.39 Å². The zero-order valence-electron chi connectivity index (χ0n) is 15.0. The number of hydrogen-bond donors (Lipinski definition) is 0. The summed E-state index contributed by atoms with van der Waals surface area (Å²) in [5, 5.41) is 0. The van der Waals surface area contributed by atoms with Crippen molar-refractivity contribution >= 4 is 27.4 Å². The minimum absolute atomic E-state index is 0.0700. The summed E-state index contributed by atoms with van der Waals surface area (Å²) in [5.74, 6) is -0.0119. The number of rotatable bonds is 3. The molecule has 1 aliphatic carbocycles. The zero-order valence-corrected chi connectivity index (χ0v) is 15.8. The minimum atomic E-state index is -3.93. The molecule has 1 aliphatic rings. The van der Waals surface area contributed by atoms with Crippen LogP contribution in [0.15, 0.2) is 98.2 Å². The van der Waals surface area contributed by atoms with E-state index in [-0.39, 0.29) is 16.5 Å². The molecule has 5 nitrogen and oxygen atoms in total. The maximum Gasteiger partial charge on any atom is 0.284 e. The molecule has 0 saturated carbocycles. The highest BCUT2D eigenvalue weighted by molar-refractivity contribution is 7.90. The first kappa shape index (κ1) is 18.7. The Bertz CT molecular complexity index is 1090. The van der Waals surface area contributed by atoms with Gasteiger partial charge in [0.05, 0.1) is 10.6 Å². The fourth-order valence-corrected chi connectivity index (χ4v) is 3.48. The number of amidine groups is 1. The quantitative estimate of drug-likeness (QED) is 0.464. The number of carbonyl (C=O) groups excluding carboxylic acids is 1. The van der Waals surface area contributed by atoms with Crippen LogP contribution in [-0.2, 0) is 14.8 Å². The van der Waals surface area contributed by atoms with Gasteiger partial charge >= 0.3 is 0 Å². The second-order valence-electron chi connectivity index (χ2n) is 6.01. The molecule has 3 rings (SSSR count).